The molecule has 4 aliphatic rings. The van der Waals surface area contributed by atoms with Crippen LogP contribution in [0.1, 0.15) is 44.9 Å². The molecular formula is C20H32N4O3. The minimum Gasteiger partial charge on any atom is -0.342 e. The summed E-state index contributed by atoms with van der Waals surface area (Å²) in [6.45, 7) is 5.70. The normalized spacial score (nSPS) is 27.8. The molecule has 7 nitrogen and oxygen atoms in total. The fourth-order valence-corrected chi connectivity index (χ4v) is 5.11. The van der Waals surface area contributed by atoms with Crippen molar-refractivity contribution in [3.63, 3.8) is 0 Å². The van der Waals surface area contributed by atoms with Crippen LogP contribution < -0.4 is 0 Å². The molecule has 0 radical (unpaired) electrons. The summed E-state index contributed by atoms with van der Waals surface area (Å²) < 4.78 is 0. The van der Waals surface area contributed by atoms with Gasteiger partial charge in [-0.2, -0.15) is 0 Å². The molecule has 4 rings (SSSR count). The molecule has 3 heterocycles. The van der Waals surface area contributed by atoms with Crippen LogP contribution in [0.2, 0.25) is 0 Å². The Kier molecular flexibility index (Phi) is 5.66. The fraction of sp³-hybridized carbons (Fsp3) is 0.850. The Labute approximate surface area is 161 Å². The van der Waals surface area contributed by atoms with E-state index in [1.54, 1.807) is 0 Å². The van der Waals surface area contributed by atoms with Crippen LogP contribution in [0.3, 0.4) is 0 Å². The summed E-state index contributed by atoms with van der Waals surface area (Å²) in [5.74, 6) is 0.348. The Balaban J connectivity index is 1.24. The number of carbonyl (C=O) groups is 3. The second-order valence-corrected chi connectivity index (χ2v) is 8.57. The van der Waals surface area contributed by atoms with E-state index in [0.717, 1.165) is 51.9 Å². The quantitative estimate of drug-likeness (QED) is 0.719. The van der Waals surface area contributed by atoms with Gasteiger partial charge in [0.1, 0.15) is 0 Å². The number of nitrogens with zero attached hydrogens (tertiary/aromatic N) is 4. The predicted octanol–water partition coefficient (Wildman–Crippen LogP) is 0.544. The van der Waals surface area contributed by atoms with Gasteiger partial charge in [-0.1, -0.05) is 12.8 Å². The van der Waals surface area contributed by atoms with E-state index in [1.807, 2.05) is 14.7 Å². The lowest BCUT2D eigenvalue weighted by atomic mass is 10.1. The molecule has 0 aromatic heterocycles. The van der Waals surface area contributed by atoms with E-state index in [9.17, 15) is 14.4 Å². The Bertz CT molecular complexity index is 576. The minimum atomic E-state index is -0.170. The van der Waals surface area contributed by atoms with Crippen LogP contribution in [0, 0.1) is 5.92 Å². The standard InChI is InChI=1S/C20H32N4O3/c25-18-13-16(14-24(18)17-5-1-2-6-17)20(27)23-11-9-21(10-12-23)15-19(26)22-7-3-4-8-22/h16-17H,1-15H2. The number of carbonyl (C=O) groups excluding carboxylic acids is 3. The average Bonchev–Trinajstić information content (AvgIpc) is 3.43. The van der Waals surface area contributed by atoms with Crippen molar-refractivity contribution in [2.75, 3.05) is 52.4 Å². The lowest BCUT2D eigenvalue weighted by molar-refractivity contribution is -0.138. The van der Waals surface area contributed by atoms with Gasteiger partial charge in [0, 0.05) is 58.3 Å². The van der Waals surface area contributed by atoms with Crippen molar-refractivity contribution in [3.05, 3.63) is 0 Å². The Hall–Kier alpha value is -1.63. The maximum atomic E-state index is 12.9. The smallest absolute Gasteiger partial charge is 0.236 e. The van der Waals surface area contributed by atoms with Crippen LogP contribution in [0.4, 0.5) is 0 Å². The van der Waals surface area contributed by atoms with Gasteiger partial charge in [-0.15, -0.1) is 0 Å². The van der Waals surface area contributed by atoms with Crippen molar-refractivity contribution < 1.29 is 14.4 Å². The zero-order valence-corrected chi connectivity index (χ0v) is 16.3. The summed E-state index contributed by atoms with van der Waals surface area (Å²) in [4.78, 5) is 45.6. The van der Waals surface area contributed by atoms with Crippen LogP contribution in [0.25, 0.3) is 0 Å². The summed E-state index contributed by atoms with van der Waals surface area (Å²) in [5.41, 5.74) is 0. The molecule has 3 amide bonds. The fourth-order valence-electron chi connectivity index (χ4n) is 5.11. The van der Waals surface area contributed by atoms with Gasteiger partial charge in [0.05, 0.1) is 12.5 Å². The van der Waals surface area contributed by atoms with Gasteiger partial charge in [-0.25, -0.2) is 0 Å². The zero-order valence-electron chi connectivity index (χ0n) is 16.3. The van der Waals surface area contributed by atoms with E-state index >= 15 is 0 Å². The number of likely N-dealkylation sites (tertiary alicyclic amines) is 2. The number of amides is 3. The molecule has 4 fully saturated rings. The third kappa shape index (κ3) is 4.13. The van der Waals surface area contributed by atoms with Gasteiger partial charge in [0.2, 0.25) is 17.7 Å². The molecular weight excluding hydrogens is 344 g/mol. The molecule has 3 aliphatic heterocycles. The van der Waals surface area contributed by atoms with Crippen LogP contribution in [-0.2, 0) is 14.4 Å². The van der Waals surface area contributed by atoms with Crippen molar-refractivity contribution in [3.8, 4) is 0 Å². The third-order valence-electron chi connectivity index (χ3n) is 6.77. The lowest BCUT2D eigenvalue weighted by Crippen LogP contribution is -2.52. The first-order valence-electron chi connectivity index (χ1n) is 10.7. The molecule has 0 aromatic carbocycles. The average molecular weight is 377 g/mol. The summed E-state index contributed by atoms with van der Waals surface area (Å²) in [6.07, 6.45) is 7.20. The second-order valence-electron chi connectivity index (χ2n) is 8.57. The Morgan fingerprint density at radius 2 is 1.52 bits per heavy atom. The largest absolute Gasteiger partial charge is 0.342 e. The molecule has 1 atom stereocenters. The van der Waals surface area contributed by atoms with Crippen LogP contribution in [-0.4, -0.2) is 95.7 Å². The highest BCUT2D eigenvalue weighted by Crippen LogP contribution is 2.30. The Morgan fingerprint density at radius 1 is 0.852 bits per heavy atom. The van der Waals surface area contributed by atoms with Gasteiger partial charge in [0.15, 0.2) is 0 Å². The topological polar surface area (TPSA) is 64.2 Å². The molecule has 0 spiro atoms. The molecule has 150 valence electrons. The molecule has 1 unspecified atom stereocenters. The van der Waals surface area contributed by atoms with Gasteiger partial charge >= 0.3 is 0 Å². The molecule has 27 heavy (non-hydrogen) atoms. The molecule has 3 saturated heterocycles. The second kappa shape index (κ2) is 8.17. The minimum absolute atomic E-state index is 0.134. The highest BCUT2D eigenvalue weighted by atomic mass is 16.2. The molecule has 0 aromatic rings. The molecule has 1 aliphatic carbocycles. The Morgan fingerprint density at radius 3 is 2.19 bits per heavy atom. The van der Waals surface area contributed by atoms with E-state index in [1.165, 1.54) is 12.8 Å². The van der Waals surface area contributed by atoms with Crippen molar-refractivity contribution >= 4 is 17.7 Å². The number of rotatable bonds is 4. The maximum absolute atomic E-state index is 12.9. The van der Waals surface area contributed by atoms with E-state index in [0.29, 0.717) is 38.6 Å². The van der Waals surface area contributed by atoms with Crippen LogP contribution in [0.5, 0.6) is 0 Å². The number of hydrogen-bond acceptors (Lipinski definition) is 4. The third-order valence-corrected chi connectivity index (χ3v) is 6.77. The monoisotopic (exact) mass is 376 g/mol. The predicted molar refractivity (Wildman–Crippen MR) is 101 cm³/mol. The van der Waals surface area contributed by atoms with Gasteiger partial charge in [0.25, 0.3) is 0 Å². The van der Waals surface area contributed by atoms with Crippen LogP contribution in [0.15, 0.2) is 0 Å². The van der Waals surface area contributed by atoms with Crippen molar-refractivity contribution in [2.45, 2.75) is 51.0 Å². The van der Waals surface area contributed by atoms with E-state index < -0.39 is 0 Å². The SMILES string of the molecule is O=C(CN1CCN(C(=O)C2CC(=O)N(C3CCCC3)C2)CC1)N1CCCC1. The van der Waals surface area contributed by atoms with Gasteiger partial charge < -0.3 is 14.7 Å². The van der Waals surface area contributed by atoms with E-state index in [4.69, 9.17) is 0 Å². The van der Waals surface area contributed by atoms with Crippen LogP contribution >= 0.6 is 0 Å². The first-order valence-corrected chi connectivity index (χ1v) is 10.7. The lowest BCUT2D eigenvalue weighted by Gasteiger charge is -2.36. The molecule has 1 saturated carbocycles. The van der Waals surface area contributed by atoms with E-state index in [-0.39, 0.29) is 23.6 Å². The van der Waals surface area contributed by atoms with Crippen molar-refractivity contribution in [1.29, 1.82) is 0 Å². The van der Waals surface area contributed by atoms with Crippen molar-refractivity contribution in [1.82, 2.24) is 19.6 Å². The number of hydrogen-bond donors (Lipinski definition) is 0. The highest BCUT2D eigenvalue weighted by Gasteiger charge is 2.40. The summed E-state index contributed by atoms with van der Waals surface area (Å²) in [5, 5.41) is 0. The van der Waals surface area contributed by atoms with Gasteiger partial charge in [-0.05, 0) is 25.7 Å². The zero-order chi connectivity index (χ0) is 18.8. The maximum Gasteiger partial charge on any atom is 0.236 e. The molecule has 0 N–H and O–H groups in total. The molecule has 7 heteroatoms. The first kappa shape index (κ1) is 18.7. The van der Waals surface area contributed by atoms with Crippen molar-refractivity contribution in [2.24, 2.45) is 5.92 Å². The molecule has 0 bridgehead atoms. The van der Waals surface area contributed by atoms with Gasteiger partial charge in [-0.3, -0.25) is 19.3 Å². The summed E-state index contributed by atoms with van der Waals surface area (Å²) >= 11 is 0. The first-order chi connectivity index (χ1) is 13.1. The number of piperazine rings is 1. The highest BCUT2D eigenvalue weighted by molar-refractivity contribution is 5.89. The summed E-state index contributed by atoms with van der Waals surface area (Å²) in [6, 6.07) is 0.365. The van der Waals surface area contributed by atoms with E-state index in [2.05, 4.69) is 4.90 Å². The summed E-state index contributed by atoms with van der Waals surface area (Å²) in [7, 11) is 0.